The molecule has 132 valence electrons. The predicted octanol–water partition coefficient (Wildman–Crippen LogP) is 2.05. The van der Waals surface area contributed by atoms with Crippen molar-refractivity contribution >= 4 is 17.6 Å². The first kappa shape index (κ1) is 18.2. The maximum Gasteiger partial charge on any atom is 0.315 e. The minimum Gasteiger partial charge on any atom is -0.379 e. The minimum atomic E-state index is -0.391. The number of amides is 3. The Balaban J connectivity index is 1.74. The summed E-state index contributed by atoms with van der Waals surface area (Å²) in [6.45, 7) is 5.36. The Morgan fingerprint density at radius 1 is 1.46 bits per heavy atom. The molecule has 1 heterocycles. The number of nitrogens with one attached hydrogen (secondary N) is 2. The van der Waals surface area contributed by atoms with Gasteiger partial charge in [0.15, 0.2) is 0 Å². The number of carbonyl (C=O) groups is 2. The highest BCUT2D eigenvalue weighted by atomic mass is 19.1. The molecule has 0 saturated carbocycles. The fourth-order valence-electron chi connectivity index (χ4n) is 2.53. The van der Waals surface area contributed by atoms with Gasteiger partial charge in [0.05, 0.1) is 12.1 Å². The highest BCUT2D eigenvalue weighted by Crippen LogP contribution is 2.22. The molecule has 0 bridgehead atoms. The van der Waals surface area contributed by atoms with Crippen LogP contribution in [0.2, 0.25) is 0 Å². The molecule has 0 radical (unpaired) electrons. The van der Waals surface area contributed by atoms with Gasteiger partial charge in [-0.15, -0.1) is 0 Å². The van der Waals surface area contributed by atoms with Gasteiger partial charge in [0.2, 0.25) is 5.91 Å². The molecule has 7 heteroatoms. The Kier molecular flexibility index (Phi) is 6.54. The topological polar surface area (TPSA) is 70.7 Å². The number of rotatable bonds is 7. The van der Waals surface area contributed by atoms with Crippen LogP contribution in [0.25, 0.3) is 0 Å². The van der Waals surface area contributed by atoms with Crippen LogP contribution in [0.5, 0.6) is 0 Å². The van der Waals surface area contributed by atoms with Crippen LogP contribution >= 0.6 is 0 Å². The molecule has 1 aromatic rings. The minimum absolute atomic E-state index is 0.128. The van der Waals surface area contributed by atoms with Crippen molar-refractivity contribution in [3.63, 3.8) is 0 Å². The molecule has 1 saturated heterocycles. The van der Waals surface area contributed by atoms with Gasteiger partial charge in [-0.1, -0.05) is 6.07 Å². The van der Waals surface area contributed by atoms with Crippen molar-refractivity contribution in [2.24, 2.45) is 0 Å². The second kappa shape index (κ2) is 8.63. The summed E-state index contributed by atoms with van der Waals surface area (Å²) in [5.41, 5.74) is 0.510. The second-order valence-corrected chi connectivity index (χ2v) is 6.06. The van der Waals surface area contributed by atoms with E-state index in [0.29, 0.717) is 25.4 Å². The normalized spacial score (nSPS) is 17.4. The van der Waals surface area contributed by atoms with Gasteiger partial charge in [-0.25, -0.2) is 9.18 Å². The van der Waals surface area contributed by atoms with E-state index in [0.717, 1.165) is 6.42 Å². The van der Waals surface area contributed by atoms with Crippen molar-refractivity contribution in [2.75, 3.05) is 24.6 Å². The molecule has 2 rings (SSSR count). The Labute approximate surface area is 141 Å². The Hall–Kier alpha value is -2.15. The SMILES string of the molecule is CC(C)OCCCNC(=O)N[C@H]1CC(=O)N(c2cccc(F)c2)C1. The van der Waals surface area contributed by atoms with E-state index in [1.54, 1.807) is 12.1 Å². The van der Waals surface area contributed by atoms with Crippen LogP contribution in [-0.2, 0) is 9.53 Å². The van der Waals surface area contributed by atoms with Crippen molar-refractivity contribution < 1.29 is 18.7 Å². The molecule has 1 aromatic carbocycles. The first-order valence-corrected chi connectivity index (χ1v) is 8.17. The van der Waals surface area contributed by atoms with Crippen LogP contribution in [-0.4, -0.2) is 43.8 Å². The lowest BCUT2D eigenvalue weighted by Gasteiger charge is -2.17. The molecule has 1 aliphatic rings. The highest BCUT2D eigenvalue weighted by Gasteiger charge is 2.31. The zero-order valence-electron chi connectivity index (χ0n) is 14.0. The lowest BCUT2D eigenvalue weighted by atomic mass is 10.2. The second-order valence-electron chi connectivity index (χ2n) is 6.06. The first-order chi connectivity index (χ1) is 11.5. The van der Waals surface area contributed by atoms with Crippen molar-refractivity contribution in [1.82, 2.24) is 10.6 Å². The van der Waals surface area contributed by atoms with Crippen LogP contribution in [0.15, 0.2) is 24.3 Å². The molecule has 6 nitrogen and oxygen atoms in total. The molecule has 0 aliphatic carbocycles. The number of hydrogen-bond donors (Lipinski definition) is 2. The van der Waals surface area contributed by atoms with Gasteiger partial charge < -0.3 is 20.3 Å². The Morgan fingerprint density at radius 2 is 2.25 bits per heavy atom. The van der Waals surface area contributed by atoms with Crippen LogP contribution in [0.1, 0.15) is 26.7 Å². The van der Waals surface area contributed by atoms with Crippen LogP contribution in [0.3, 0.4) is 0 Å². The fourth-order valence-corrected chi connectivity index (χ4v) is 2.53. The smallest absolute Gasteiger partial charge is 0.315 e. The third kappa shape index (κ3) is 5.49. The zero-order chi connectivity index (χ0) is 17.5. The first-order valence-electron chi connectivity index (χ1n) is 8.17. The third-order valence-electron chi connectivity index (χ3n) is 3.64. The van der Waals surface area contributed by atoms with E-state index in [2.05, 4.69) is 10.6 Å². The monoisotopic (exact) mass is 337 g/mol. The van der Waals surface area contributed by atoms with Gasteiger partial charge in [0.25, 0.3) is 0 Å². The van der Waals surface area contributed by atoms with E-state index in [1.165, 1.54) is 17.0 Å². The maximum absolute atomic E-state index is 13.3. The van der Waals surface area contributed by atoms with Crippen LogP contribution in [0.4, 0.5) is 14.9 Å². The molecule has 1 fully saturated rings. The summed E-state index contributed by atoms with van der Waals surface area (Å²) in [5.74, 6) is -0.519. The summed E-state index contributed by atoms with van der Waals surface area (Å²) < 4.78 is 18.7. The average molecular weight is 337 g/mol. The lowest BCUT2D eigenvalue weighted by Crippen LogP contribution is -2.43. The number of urea groups is 1. The summed E-state index contributed by atoms with van der Waals surface area (Å²) in [6, 6.07) is 5.29. The molecule has 24 heavy (non-hydrogen) atoms. The Bertz CT molecular complexity index is 580. The van der Waals surface area contributed by atoms with E-state index in [9.17, 15) is 14.0 Å². The van der Waals surface area contributed by atoms with E-state index in [-0.39, 0.29) is 30.5 Å². The predicted molar refractivity (Wildman–Crippen MR) is 89.4 cm³/mol. The maximum atomic E-state index is 13.3. The quantitative estimate of drug-likeness (QED) is 0.748. The van der Waals surface area contributed by atoms with E-state index in [1.807, 2.05) is 13.8 Å². The molecule has 3 amide bonds. The van der Waals surface area contributed by atoms with Crippen molar-refractivity contribution in [1.29, 1.82) is 0 Å². The van der Waals surface area contributed by atoms with E-state index < -0.39 is 5.82 Å². The molecule has 1 aliphatic heterocycles. The lowest BCUT2D eigenvalue weighted by molar-refractivity contribution is -0.117. The number of halogens is 1. The summed E-state index contributed by atoms with van der Waals surface area (Å²) in [4.78, 5) is 25.4. The van der Waals surface area contributed by atoms with E-state index in [4.69, 9.17) is 4.74 Å². The van der Waals surface area contributed by atoms with Gasteiger partial charge in [-0.2, -0.15) is 0 Å². The van der Waals surface area contributed by atoms with Gasteiger partial charge in [-0.3, -0.25) is 4.79 Å². The molecule has 0 aromatic heterocycles. The third-order valence-corrected chi connectivity index (χ3v) is 3.64. The van der Waals surface area contributed by atoms with Gasteiger partial charge in [0.1, 0.15) is 5.82 Å². The van der Waals surface area contributed by atoms with E-state index >= 15 is 0 Å². The van der Waals surface area contributed by atoms with Crippen LogP contribution in [0, 0.1) is 5.82 Å². The largest absolute Gasteiger partial charge is 0.379 e. The standard InChI is InChI=1S/C17H24FN3O3/c1-12(2)24-8-4-7-19-17(23)20-14-10-16(22)21(11-14)15-6-3-5-13(18)9-15/h3,5-6,9,12,14H,4,7-8,10-11H2,1-2H3,(H2,19,20,23)/t14-/m0/s1. The zero-order valence-corrected chi connectivity index (χ0v) is 14.0. The summed E-state index contributed by atoms with van der Waals surface area (Å²) in [7, 11) is 0. The van der Waals surface area contributed by atoms with Gasteiger partial charge in [0, 0.05) is 31.8 Å². The van der Waals surface area contributed by atoms with Crippen LogP contribution < -0.4 is 15.5 Å². The van der Waals surface area contributed by atoms with Gasteiger partial charge in [-0.05, 0) is 38.5 Å². The molecular weight excluding hydrogens is 313 g/mol. The fraction of sp³-hybridized carbons (Fsp3) is 0.529. The number of anilines is 1. The molecule has 0 spiro atoms. The molecular formula is C17H24FN3O3. The Morgan fingerprint density at radius 3 is 2.96 bits per heavy atom. The number of ether oxygens (including phenoxy) is 1. The highest BCUT2D eigenvalue weighted by molar-refractivity contribution is 5.96. The molecule has 0 unspecified atom stereocenters. The summed E-state index contributed by atoms with van der Waals surface area (Å²) in [6.07, 6.45) is 1.11. The number of nitrogens with zero attached hydrogens (tertiary/aromatic N) is 1. The summed E-state index contributed by atoms with van der Waals surface area (Å²) in [5, 5.41) is 5.52. The molecule has 1 atom stereocenters. The number of benzene rings is 1. The average Bonchev–Trinajstić information content (AvgIpc) is 2.87. The van der Waals surface area contributed by atoms with Crippen molar-refractivity contribution in [3.05, 3.63) is 30.1 Å². The van der Waals surface area contributed by atoms with Crippen molar-refractivity contribution in [2.45, 2.75) is 38.8 Å². The summed E-state index contributed by atoms with van der Waals surface area (Å²) >= 11 is 0. The van der Waals surface area contributed by atoms with Gasteiger partial charge >= 0.3 is 6.03 Å². The number of hydrogen-bond acceptors (Lipinski definition) is 3. The number of carbonyl (C=O) groups excluding carboxylic acids is 2. The van der Waals surface area contributed by atoms with Crippen molar-refractivity contribution in [3.8, 4) is 0 Å². The molecule has 2 N–H and O–H groups in total.